The third-order valence-electron chi connectivity index (χ3n) is 2.07. The molecule has 2 heterocycles. The van der Waals surface area contributed by atoms with E-state index in [2.05, 4.69) is 20.9 Å². The molecule has 0 bridgehead atoms. The van der Waals surface area contributed by atoms with Gasteiger partial charge in [-0.15, -0.1) is 0 Å². The number of hydrogen-bond acceptors (Lipinski definition) is 2. The van der Waals surface area contributed by atoms with Crippen LogP contribution >= 0.6 is 15.9 Å². The third-order valence-corrected chi connectivity index (χ3v) is 2.56. The zero-order chi connectivity index (χ0) is 10.7. The minimum absolute atomic E-state index is 0.604. The summed E-state index contributed by atoms with van der Waals surface area (Å²) in [6.07, 6.45) is 7.68. The number of halogens is 1. The second kappa shape index (κ2) is 4.59. The molecule has 0 saturated heterocycles. The lowest BCUT2D eigenvalue weighted by molar-refractivity contribution is 0.234. The van der Waals surface area contributed by atoms with Gasteiger partial charge in [-0.25, -0.2) is 4.98 Å². The average Bonchev–Trinajstić information content (AvgIpc) is 2.62. The van der Waals surface area contributed by atoms with Gasteiger partial charge in [0, 0.05) is 17.8 Å². The van der Waals surface area contributed by atoms with Crippen LogP contribution in [0, 0.1) is 0 Å². The van der Waals surface area contributed by atoms with Gasteiger partial charge < -0.3 is 9.14 Å². The van der Waals surface area contributed by atoms with Crippen LogP contribution in [0.1, 0.15) is 5.69 Å². The molecule has 0 amide bonds. The summed E-state index contributed by atoms with van der Waals surface area (Å²) >= 11 is 3.44. The largest absolute Gasteiger partial charge is 0.381 e. The highest BCUT2D eigenvalue weighted by atomic mass is 79.9. The van der Waals surface area contributed by atoms with E-state index >= 15 is 0 Å². The van der Waals surface area contributed by atoms with Crippen molar-refractivity contribution >= 4 is 27.5 Å². The van der Waals surface area contributed by atoms with Crippen molar-refractivity contribution in [3.63, 3.8) is 0 Å². The fourth-order valence-electron chi connectivity index (χ4n) is 1.37. The number of hydrogen-bond donors (Lipinski definition) is 0. The van der Waals surface area contributed by atoms with Gasteiger partial charge in [0.05, 0.1) is 24.1 Å². The number of fused-ring (bicyclic) bond motifs is 1. The van der Waals surface area contributed by atoms with Gasteiger partial charge in [-0.1, -0.05) is 22.0 Å². The zero-order valence-corrected chi connectivity index (χ0v) is 9.94. The summed E-state index contributed by atoms with van der Waals surface area (Å²) in [4.78, 5) is 4.31. The first kappa shape index (κ1) is 10.4. The van der Waals surface area contributed by atoms with E-state index in [1.54, 1.807) is 13.4 Å². The van der Waals surface area contributed by atoms with E-state index in [9.17, 15) is 0 Å². The van der Waals surface area contributed by atoms with Gasteiger partial charge in [0.15, 0.2) is 0 Å². The lowest BCUT2D eigenvalue weighted by Crippen LogP contribution is -1.82. The van der Waals surface area contributed by atoms with Crippen LogP contribution in [0.5, 0.6) is 0 Å². The predicted octanol–water partition coefficient (Wildman–Crippen LogP) is 2.76. The first-order valence-corrected chi connectivity index (χ1v) is 5.38. The topological polar surface area (TPSA) is 26.5 Å². The Morgan fingerprint density at radius 2 is 2.47 bits per heavy atom. The number of methoxy groups -OCH3 is 1. The van der Waals surface area contributed by atoms with E-state index in [0.717, 1.165) is 15.7 Å². The van der Waals surface area contributed by atoms with Crippen LogP contribution in [-0.4, -0.2) is 23.1 Å². The van der Waals surface area contributed by atoms with Crippen LogP contribution in [0.3, 0.4) is 0 Å². The number of imidazole rings is 1. The van der Waals surface area contributed by atoms with Crippen molar-refractivity contribution in [2.24, 2.45) is 0 Å². The molecule has 4 heteroatoms. The summed E-state index contributed by atoms with van der Waals surface area (Å²) < 4.78 is 7.98. The zero-order valence-electron chi connectivity index (χ0n) is 8.35. The maximum absolute atomic E-state index is 4.95. The normalized spacial score (nSPS) is 11.6. The van der Waals surface area contributed by atoms with Gasteiger partial charge >= 0.3 is 0 Å². The quantitative estimate of drug-likeness (QED) is 0.854. The molecule has 0 aliphatic carbocycles. The van der Waals surface area contributed by atoms with E-state index < -0.39 is 0 Å². The van der Waals surface area contributed by atoms with Gasteiger partial charge in [0.2, 0.25) is 0 Å². The smallest absolute Gasteiger partial charge is 0.0999 e. The minimum Gasteiger partial charge on any atom is -0.381 e. The summed E-state index contributed by atoms with van der Waals surface area (Å²) in [6.45, 7) is 0.604. The summed E-state index contributed by atoms with van der Waals surface area (Å²) in [5.41, 5.74) is 2.03. The number of nitrogens with zero attached hydrogens (tertiary/aromatic N) is 2. The summed E-state index contributed by atoms with van der Waals surface area (Å²) in [7, 11) is 1.67. The van der Waals surface area contributed by atoms with Crippen molar-refractivity contribution < 1.29 is 4.74 Å². The summed E-state index contributed by atoms with van der Waals surface area (Å²) in [6, 6.07) is 4.02. The molecule has 0 aliphatic heterocycles. The molecule has 78 valence electrons. The maximum atomic E-state index is 4.95. The Bertz CT molecular complexity index is 490. The molecule has 0 saturated carbocycles. The molecule has 0 atom stereocenters. The highest BCUT2D eigenvalue weighted by Gasteiger charge is 2.00. The first-order valence-electron chi connectivity index (χ1n) is 4.59. The molecule has 0 spiro atoms. The van der Waals surface area contributed by atoms with Crippen molar-refractivity contribution in [2.75, 3.05) is 13.7 Å². The molecule has 2 aromatic heterocycles. The van der Waals surface area contributed by atoms with E-state index in [-0.39, 0.29) is 0 Å². The minimum atomic E-state index is 0.604. The SMILES string of the molecule is COC/C=C/c1ncn2ccc(Br)cc12. The Morgan fingerprint density at radius 3 is 3.27 bits per heavy atom. The van der Waals surface area contributed by atoms with Crippen molar-refractivity contribution in [3.05, 3.63) is 40.9 Å². The van der Waals surface area contributed by atoms with Crippen molar-refractivity contribution in [3.8, 4) is 0 Å². The molecule has 0 fully saturated rings. The summed E-state index contributed by atoms with van der Waals surface area (Å²) in [5, 5.41) is 0. The molecule has 0 unspecified atom stereocenters. The second-order valence-corrected chi connectivity index (χ2v) is 4.04. The van der Waals surface area contributed by atoms with Gasteiger partial charge in [0.25, 0.3) is 0 Å². The average molecular weight is 267 g/mol. The van der Waals surface area contributed by atoms with E-state index in [4.69, 9.17) is 4.74 Å². The molecule has 0 aliphatic rings. The van der Waals surface area contributed by atoms with E-state index in [0.29, 0.717) is 6.61 Å². The number of aromatic nitrogens is 2. The lowest BCUT2D eigenvalue weighted by Gasteiger charge is -1.95. The van der Waals surface area contributed by atoms with Gasteiger partial charge in [-0.3, -0.25) is 0 Å². The van der Waals surface area contributed by atoms with Crippen LogP contribution in [0.2, 0.25) is 0 Å². The third kappa shape index (κ3) is 2.27. The Labute approximate surface area is 96.5 Å². The second-order valence-electron chi connectivity index (χ2n) is 3.12. The Morgan fingerprint density at radius 1 is 1.60 bits per heavy atom. The number of ether oxygens (including phenoxy) is 1. The molecule has 15 heavy (non-hydrogen) atoms. The van der Waals surface area contributed by atoms with Gasteiger partial charge in [-0.05, 0) is 18.2 Å². The monoisotopic (exact) mass is 266 g/mol. The molecule has 0 aromatic carbocycles. The molecule has 2 rings (SSSR count). The van der Waals surface area contributed by atoms with Crippen LogP contribution in [0.4, 0.5) is 0 Å². The standard InChI is InChI=1S/C11H11BrN2O/c1-15-6-2-3-10-11-7-9(12)4-5-14(11)8-13-10/h2-5,7-8H,6H2,1H3/b3-2+. The maximum Gasteiger partial charge on any atom is 0.0999 e. The Balaban J connectivity index is 2.39. The van der Waals surface area contributed by atoms with Gasteiger partial charge in [0.1, 0.15) is 0 Å². The molecule has 0 N–H and O–H groups in total. The number of pyridine rings is 1. The van der Waals surface area contributed by atoms with E-state index in [1.165, 1.54) is 0 Å². The number of rotatable bonds is 3. The molecular formula is C11H11BrN2O. The van der Waals surface area contributed by atoms with Crippen LogP contribution in [0.25, 0.3) is 11.6 Å². The van der Waals surface area contributed by atoms with Gasteiger partial charge in [-0.2, -0.15) is 0 Å². The summed E-state index contributed by atoms with van der Waals surface area (Å²) in [5.74, 6) is 0. The molecule has 2 aromatic rings. The lowest BCUT2D eigenvalue weighted by atomic mass is 10.3. The Kier molecular flexibility index (Phi) is 3.18. The predicted molar refractivity (Wildman–Crippen MR) is 63.8 cm³/mol. The highest BCUT2D eigenvalue weighted by Crippen LogP contribution is 2.16. The van der Waals surface area contributed by atoms with Crippen LogP contribution in [0.15, 0.2) is 35.2 Å². The van der Waals surface area contributed by atoms with Crippen molar-refractivity contribution in [1.29, 1.82) is 0 Å². The fraction of sp³-hybridized carbons (Fsp3) is 0.182. The Hall–Kier alpha value is -1.13. The van der Waals surface area contributed by atoms with Crippen LogP contribution < -0.4 is 0 Å². The first-order chi connectivity index (χ1) is 7.31. The fourth-order valence-corrected chi connectivity index (χ4v) is 1.70. The van der Waals surface area contributed by atoms with E-state index in [1.807, 2.05) is 34.9 Å². The molecule has 3 nitrogen and oxygen atoms in total. The highest BCUT2D eigenvalue weighted by molar-refractivity contribution is 9.10. The van der Waals surface area contributed by atoms with Crippen molar-refractivity contribution in [2.45, 2.75) is 0 Å². The van der Waals surface area contributed by atoms with Crippen molar-refractivity contribution in [1.82, 2.24) is 9.38 Å². The molecule has 0 radical (unpaired) electrons. The molecular weight excluding hydrogens is 256 g/mol. The van der Waals surface area contributed by atoms with Crippen LogP contribution in [-0.2, 0) is 4.74 Å².